The van der Waals surface area contributed by atoms with Crippen molar-refractivity contribution in [3.63, 3.8) is 0 Å². The SMILES string of the molecule is CC=C(C)C(=O)OCCCC(CCCCCCCC)C(OCC)(OCC)OCC. The lowest BCUT2D eigenvalue weighted by Crippen LogP contribution is -2.47. The summed E-state index contributed by atoms with van der Waals surface area (Å²) in [4.78, 5) is 11.9. The second kappa shape index (κ2) is 17.9. The Kier molecular flexibility index (Phi) is 17.3. The van der Waals surface area contributed by atoms with Crippen molar-refractivity contribution in [2.75, 3.05) is 26.4 Å². The van der Waals surface area contributed by atoms with Crippen LogP contribution >= 0.6 is 0 Å². The molecule has 0 rings (SSSR count). The molecule has 0 radical (unpaired) electrons. The Morgan fingerprint density at radius 2 is 1.34 bits per heavy atom. The van der Waals surface area contributed by atoms with Gasteiger partial charge in [0.2, 0.25) is 0 Å². The van der Waals surface area contributed by atoms with E-state index in [2.05, 4.69) is 6.92 Å². The van der Waals surface area contributed by atoms with Crippen LogP contribution in [0.4, 0.5) is 0 Å². The Hall–Kier alpha value is -0.910. The lowest BCUT2D eigenvalue weighted by molar-refractivity contribution is -0.403. The smallest absolute Gasteiger partial charge is 0.333 e. The number of carbonyl (C=O) groups is 1. The normalized spacial score (nSPS) is 13.5. The van der Waals surface area contributed by atoms with Crippen LogP contribution in [0.1, 0.15) is 99.3 Å². The molecular weight excluding hydrogens is 368 g/mol. The highest BCUT2D eigenvalue weighted by atomic mass is 16.9. The lowest BCUT2D eigenvalue weighted by Gasteiger charge is -2.39. The molecule has 0 bridgehead atoms. The van der Waals surface area contributed by atoms with Crippen molar-refractivity contribution in [2.24, 2.45) is 5.92 Å². The summed E-state index contributed by atoms with van der Waals surface area (Å²) in [5.41, 5.74) is 0.640. The van der Waals surface area contributed by atoms with Crippen LogP contribution in [-0.4, -0.2) is 38.4 Å². The molecule has 1 unspecified atom stereocenters. The fourth-order valence-electron chi connectivity index (χ4n) is 3.48. The van der Waals surface area contributed by atoms with Gasteiger partial charge in [-0.25, -0.2) is 4.79 Å². The number of allylic oxidation sites excluding steroid dienone is 1. The van der Waals surface area contributed by atoms with Crippen molar-refractivity contribution in [3.8, 4) is 0 Å². The zero-order chi connectivity index (χ0) is 22.0. The topological polar surface area (TPSA) is 54.0 Å². The average Bonchev–Trinajstić information content (AvgIpc) is 2.71. The molecule has 0 N–H and O–H groups in total. The molecule has 5 nitrogen and oxygen atoms in total. The van der Waals surface area contributed by atoms with Gasteiger partial charge in [0.1, 0.15) is 0 Å². The van der Waals surface area contributed by atoms with E-state index >= 15 is 0 Å². The largest absolute Gasteiger partial charge is 0.462 e. The first-order chi connectivity index (χ1) is 14.0. The van der Waals surface area contributed by atoms with E-state index in [0.29, 0.717) is 32.0 Å². The fourth-order valence-corrected chi connectivity index (χ4v) is 3.48. The molecule has 0 heterocycles. The monoisotopic (exact) mass is 414 g/mol. The summed E-state index contributed by atoms with van der Waals surface area (Å²) >= 11 is 0. The van der Waals surface area contributed by atoms with E-state index in [0.717, 1.165) is 25.7 Å². The maximum absolute atomic E-state index is 11.9. The molecule has 0 fully saturated rings. The molecule has 0 saturated carbocycles. The van der Waals surface area contributed by atoms with Gasteiger partial charge < -0.3 is 18.9 Å². The Morgan fingerprint density at radius 3 is 1.86 bits per heavy atom. The molecule has 0 aliphatic heterocycles. The summed E-state index contributed by atoms with van der Waals surface area (Å²) in [5.74, 6) is -1.15. The maximum atomic E-state index is 11.9. The van der Waals surface area contributed by atoms with Gasteiger partial charge in [-0.1, -0.05) is 51.5 Å². The minimum atomic E-state index is -1.01. The van der Waals surface area contributed by atoms with Crippen molar-refractivity contribution in [1.29, 1.82) is 0 Å². The third kappa shape index (κ3) is 11.8. The maximum Gasteiger partial charge on any atom is 0.333 e. The number of hydrogen-bond acceptors (Lipinski definition) is 5. The van der Waals surface area contributed by atoms with Gasteiger partial charge in [-0.15, -0.1) is 0 Å². The highest BCUT2D eigenvalue weighted by Crippen LogP contribution is 2.34. The van der Waals surface area contributed by atoms with E-state index in [9.17, 15) is 4.79 Å². The minimum Gasteiger partial charge on any atom is -0.462 e. The molecule has 29 heavy (non-hydrogen) atoms. The van der Waals surface area contributed by atoms with E-state index in [4.69, 9.17) is 18.9 Å². The molecule has 0 saturated heterocycles. The van der Waals surface area contributed by atoms with Crippen molar-refractivity contribution in [1.82, 2.24) is 0 Å². The summed E-state index contributed by atoms with van der Waals surface area (Å²) in [6, 6.07) is 0. The zero-order valence-corrected chi connectivity index (χ0v) is 19.9. The van der Waals surface area contributed by atoms with E-state index in [1.807, 2.05) is 27.7 Å². The number of hydrogen-bond donors (Lipinski definition) is 0. The van der Waals surface area contributed by atoms with Gasteiger partial charge in [-0.2, -0.15) is 0 Å². The first-order valence-corrected chi connectivity index (χ1v) is 11.7. The Balaban J connectivity index is 4.92. The summed E-state index contributed by atoms with van der Waals surface area (Å²) < 4.78 is 23.5. The second-order valence-electron chi connectivity index (χ2n) is 7.41. The predicted octanol–water partition coefficient (Wildman–Crippen LogP) is 6.41. The van der Waals surface area contributed by atoms with Crippen LogP contribution in [0.15, 0.2) is 11.6 Å². The summed E-state index contributed by atoms with van der Waals surface area (Å²) in [5, 5.41) is 0. The third-order valence-corrected chi connectivity index (χ3v) is 5.13. The molecule has 0 aromatic carbocycles. The average molecular weight is 415 g/mol. The van der Waals surface area contributed by atoms with Crippen LogP contribution < -0.4 is 0 Å². The standard InChI is InChI=1S/C24H46O5/c1-7-12-13-14-15-16-18-22(19-17-20-26-23(25)21(6)8-2)24(27-9-3,28-10-4)29-11-5/h8,22H,7,9-20H2,1-6H3. The van der Waals surface area contributed by atoms with Gasteiger partial charge in [-0.05, 0) is 53.9 Å². The molecule has 0 amide bonds. The van der Waals surface area contributed by atoms with E-state index in [1.165, 1.54) is 32.1 Å². The predicted molar refractivity (Wildman–Crippen MR) is 119 cm³/mol. The van der Waals surface area contributed by atoms with Crippen LogP contribution in [0, 0.1) is 5.92 Å². The summed E-state index contributed by atoms with van der Waals surface area (Å²) in [6.07, 6.45) is 11.8. The molecule has 1 atom stereocenters. The van der Waals surface area contributed by atoms with Crippen molar-refractivity contribution in [3.05, 3.63) is 11.6 Å². The third-order valence-electron chi connectivity index (χ3n) is 5.13. The van der Waals surface area contributed by atoms with Gasteiger partial charge >= 0.3 is 5.97 Å². The van der Waals surface area contributed by atoms with E-state index in [1.54, 1.807) is 13.0 Å². The Bertz CT molecular complexity index is 416. The quantitative estimate of drug-likeness (QED) is 0.106. The van der Waals surface area contributed by atoms with Crippen LogP contribution in [0.5, 0.6) is 0 Å². The molecule has 0 aromatic heterocycles. The van der Waals surface area contributed by atoms with Gasteiger partial charge in [0.25, 0.3) is 5.97 Å². The first kappa shape index (κ1) is 28.1. The second-order valence-corrected chi connectivity index (χ2v) is 7.41. The first-order valence-electron chi connectivity index (χ1n) is 11.7. The molecule has 172 valence electrons. The highest BCUT2D eigenvalue weighted by molar-refractivity contribution is 5.87. The molecule has 0 spiro atoms. The molecule has 5 heteroatoms. The number of rotatable bonds is 19. The van der Waals surface area contributed by atoms with Gasteiger partial charge in [0.05, 0.1) is 6.61 Å². The van der Waals surface area contributed by atoms with Crippen molar-refractivity contribution < 1.29 is 23.7 Å². The summed E-state index contributed by atoms with van der Waals surface area (Å²) in [7, 11) is 0. The number of esters is 1. The van der Waals surface area contributed by atoms with Crippen molar-refractivity contribution >= 4 is 5.97 Å². The summed E-state index contributed by atoms with van der Waals surface area (Å²) in [6.45, 7) is 13.7. The van der Waals surface area contributed by atoms with Crippen LogP contribution in [0.25, 0.3) is 0 Å². The van der Waals surface area contributed by atoms with Gasteiger partial charge in [0.15, 0.2) is 0 Å². The van der Waals surface area contributed by atoms with Gasteiger partial charge in [0, 0.05) is 31.3 Å². The zero-order valence-electron chi connectivity index (χ0n) is 19.9. The van der Waals surface area contributed by atoms with E-state index < -0.39 is 5.97 Å². The fraction of sp³-hybridized carbons (Fsp3) is 0.875. The number of unbranched alkanes of at least 4 members (excludes halogenated alkanes) is 5. The number of carbonyl (C=O) groups excluding carboxylic acids is 1. The lowest BCUT2D eigenvalue weighted by atomic mass is 9.93. The van der Waals surface area contributed by atoms with E-state index in [-0.39, 0.29) is 11.9 Å². The highest BCUT2D eigenvalue weighted by Gasteiger charge is 2.41. The minimum absolute atomic E-state index is 0.107. The van der Waals surface area contributed by atoms with Gasteiger partial charge in [-0.3, -0.25) is 0 Å². The number of ether oxygens (including phenoxy) is 4. The molecule has 0 aromatic rings. The van der Waals surface area contributed by atoms with Crippen LogP contribution in [0.3, 0.4) is 0 Å². The van der Waals surface area contributed by atoms with Crippen LogP contribution in [0.2, 0.25) is 0 Å². The Morgan fingerprint density at radius 1 is 0.828 bits per heavy atom. The van der Waals surface area contributed by atoms with Crippen molar-refractivity contribution in [2.45, 2.75) is 105 Å². The Labute approximate surface area is 179 Å². The van der Waals surface area contributed by atoms with Crippen LogP contribution in [-0.2, 0) is 23.7 Å². The molecule has 0 aliphatic rings. The molecular formula is C24H46O5. The molecule has 0 aliphatic carbocycles.